The number of nitrogens with one attached hydrogen (secondary N) is 1. The summed E-state index contributed by atoms with van der Waals surface area (Å²) in [4.78, 5) is 15.9. The molecule has 1 aromatic carbocycles. The number of pyridine rings is 1. The van der Waals surface area contributed by atoms with Crippen LogP contribution in [0.25, 0.3) is 0 Å². The molecule has 0 radical (unpaired) electrons. The molecule has 0 atom stereocenters. The van der Waals surface area contributed by atoms with Crippen molar-refractivity contribution in [2.24, 2.45) is 0 Å². The zero-order valence-electron chi connectivity index (χ0n) is 10.4. The molecule has 3 nitrogen and oxygen atoms in total. The highest BCUT2D eigenvalue weighted by molar-refractivity contribution is 7.97. The number of amides is 1. The molecule has 0 aliphatic carbocycles. The highest BCUT2D eigenvalue weighted by atomic mass is 35.5. The van der Waals surface area contributed by atoms with E-state index in [1.165, 1.54) is 5.56 Å². The molecule has 2 aromatic rings. The van der Waals surface area contributed by atoms with Gasteiger partial charge in [-0.2, -0.15) is 11.8 Å². The van der Waals surface area contributed by atoms with E-state index >= 15 is 0 Å². The fourth-order valence-electron chi connectivity index (χ4n) is 1.59. The van der Waals surface area contributed by atoms with Gasteiger partial charge in [-0.05, 0) is 36.1 Å². The SMILES string of the molecule is CSCc1ccc(C(=O)Nc2cccnc2Cl)cc1. The third-order valence-electron chi connectivity index (χ3n) is 2.53. The molecule has 5 heteroatoms. The number of nitrogens with zero attached hydrogens (tertiary/aromatic N) is 1. The second-order valence-corrected chi connectivity index (χ2v) is 5.15. The van der Waals surface area contributed by atoms with Crippen molar-refractivity contribution in [2.45, 2.75) is 5.75 Å². The Balaban J connectivity index is 2.10. The summed E-state index contributed by atoms with van der Waals surface area (Å²) in [6, 6.07) is 11.0. The number of thioether (sulfide) groups is 1. The Morgan fingerprint density at radius 1 is 1.32 bits per heavy atom. The van der Waals surface area contributed by atoms with Crippen LogP contribution in [-0.4, -0.2) is 17.1 Å². The standard InChI is InChI=1S/C14H13ClN2OS/c1-19-9-10-4-6-11(7-5-10)14(18)17-12-3-2-8-16-13(12)15/h2-8H,9H2,1H3,(H,17,18). The summed E-state index contributed by atoms with van der Waals surface area (Å²) in [6.45, 7) is 0. The zero-order valence-corrected chi connectivity index (χ0v) is 12.0. The number of carbonyl (C=O) groups is 1. The number of aromatic nitrogens is 1. The lowest BCUT2D eigenvalue weighted by molar-refractivity contribution is 0.102. The van der Waals surface area contributed by atoms with Gasteiger partial charge in [-0.15, -0.1) is 0 Å². The summed E-state index contributed by atoms with van der Waals surface area (Å²) < 4.78 is 0. The van der Waals surface area contributed by atoms with Gasteiger partial charge >= 0.3 is 0 Å². The van der Waals surface area contributed by atoms with Crippen LogP contribution in [0, 0.1) is 0 Å². The van der Waals surface area contributed by atoms with Crippen LogP contribution >= 0.6 is 23.4 Å². The van der Waals surface area contributed by atoms with Gasteiger partial charge in [0.05, 0.1) is 5.69 Å². The fourth-order valence-corrected chi connectivity index (χ4v) is 2.29. The third-order valence-corrected chi connectivity index (χ3v) is 3.46. The van der Waals surface area contributed by atoms with Crippen LogP contribution in [0.5, 0.6) is 0 Å². The minimum Gasteiger partial charge on any atom is -0.319 e. The van der Waals surface area contributed by atoms with Crippen molar-refractivity contribution in [1.82, 2.24) is 4.98 Å². The Morgan fingerprint density at radius 3 is 2.68 bits per heavy atom. The van der Waals surface area contributed by atoms with E-state index in [2.05, 4.69) is 10.3 Å². The van der Waals surface area contributed by atoms with E-state index in [-0.39, 0.29) is 11.1 Å². The quantitative estimate of drug-likeness (QED) is 0.870. The molecule has 2 rings (SSSR count). The van der Waals surface area contributed by atoms with E-state index in [1.807, 2.05) is 30.5 Å². The number of carbonyl (C=O) groups excluding carboxylic acids is 1. The maximum Gasteiger partial charge on any atom is 0.255 e. The van der Waals surface area contributed by atoms with E-state index in [4.69, 9.17) is 11.6 Å². The predicted molar refractivity (Wildman–Crippen MR) is 80.9 cm³/mol. The van der Waals surface area contributed by atoms with Crippen LogP contribution in [0.15, 0.2) is 42.6 Å². The van der Waals surface area contributed by atoms with Crippen LogP contribution in [0.1, 0.15) is 15.9 Å². The molecule has 1 amide bonds. The Morgan fingerprint density at radius 2 is 2.05 bits per heavy atom. The predicted octanol–water partition coefficient (Wildman–Crippen LogP) is 3.85. The topological polar surface area (TPSA) is 42.0 Å². The van der Waals surface area contributed by atoms with Gasteiger partial charge in [0.25, 0.3) is 5.91 Å². The van der Waals surface area contributed by atoms with Crippen molar-refractivity contribution in [3.8, 4) is 0 Å². The summed E-state index contributed by atoms with van der Waals surface area (Å²) in [7, 11) is 0. The van der Waals surface area contributed by atoms with Crippen molar-refractivity contribution in [1.29, 1.82) is 0 Å². The maximum atomic E-state index is 12.0. The molecule has 0 saturated carbocycles. The van der Waals surface area contributed by atoms with Gasteiger partial charge in [-0.1, -0.05) is 23.7 Å². The van der Waals surface area contributed by atoms with E-state index < -0.39 is 0 Å². The first-order valence-electron chi connectivity index (χ1n) is 5.70. The van der Waals surface area contributed by atoms with Crippen molar-refractivity contribution in [2.75, 3.05) is 11.6 Å². The van der Waals surface area contributed by atoms with E-state index in [0.717, 1.165) is 5.75 Å². The molecule has 1 aromatic heterocycles. The summed E-state index contributed by atoms with van der Waals surface area (Å²) in [5.74, 6) is 0.752. The van der Waals surface area contributed by atoms with Gasteiger partial charge in [0.15, 0.2) is 5.15 Å². The molecule has 98 valence electrons. The monoisotopic (exact) mass is 292 g/mol. The van der Waals surface area contributed by atoms with Gasteiger partial charge in [-0.25, -0.2) is 4.98 Å². The van der Waals surface area contributed by atoms with Gasteiger partial charge in [-0.3, -0.25) is 4.79 Å². The van der Waals surface area contributed by atoms with Gasteiger partial charge in [0, 0.05) is 17.5 Å². The summed E-state index contributed by atoms with van der Waals surface area (Å²) in [5.41, 5.74) is 2.32. The molecule has 0 saturated heterocycles. The lowest BCUT2D eigenvalue weighted by atomic mass is 10.1. The van der Waals surface area contributed by atoms with E-state index in [1.54, 1.807) is 30.1 Å². The first kappa shape index (κ1) is 13.9. The second kappa shape index (κ2) is 6.59. The summed E-state index contributed by atoms with van der Waals surface area (Å²) in [5, 5.41) is 3.03. The number of rotatable bonds is 4. The summed E-state index contributed by atoms with van der Waals surface area (Å²) >= 11 is 7.64. The number of hydrogen-bond acceptors (Lipinski definition) is 3. The minimum absolute atomic E-state index is 0.189. The largest absolute Gasteiger partial charge is 0.319 e. The maximum absolute atomic E-state index is 12.0. The fraction of sp³-hybridized carbons (Fsp3) is 0.143. The Kier molecular flexibility index (Phi) is 4.82. The molecule has 0 spiro atoms. The van der Waals surface area contributed by atoms with Crippen LogP contribution in [0.4, 0.5) is 5.69 Å². The molecule has 0 aliphatic rings. The normalized spacial score (nSPS) is 10.2. The minimum atomic E-state index is -0.189. The zero-order chi connectivity index (χ0) is 13.7. The molecule has 1 N–H and O–H groups in total. The molecular weight excluding hydrogens is 280 g/mol. The van der Waals surface area contributed by atoms with Crippen molar-refractivity contribution in [3.63, 3.8) is 0 Å². The molecule has 0 unspecified atom stereocenters. The Labute approximate surface area is 121 Å². The van der Waals surface area contributed by atoms with E-state index in [0.29, 0.717) is 11.3 Å². The highest BCUT2D eigenvalue weighted by Crippen LogP contribution is 2.18. The molecule has 19 heavy (non-hydrogen) atoms. The van der Waals surface area contributed by atoms with Crippen molar-refractivity contribution in [3.05, 3.63) is 58.9 Å². The number of benzene rings is 1. The van der Waals surface area contributed by atoms with Gasteiger partial charge in [0.2, 0.25) is 0 Å². The Hall–Kier alpha value is -1.52. The number of hydrogen-bond donors (Lipinski definition) is 1. The van der Waals surface area contributed by atoms with Gasteiger partial charge in [0.1, 0.15) is 0 Å². The lowest BCUT2D eigenvalue weighted by Gasteiger charge is -2.07. The van der Waals surface area contributed by atoms with Crippen molar-refractivity contribution >= 4 is 35.0 Å². The van der Waals surface area contributed by atoms with Gasteiger partial charge < -0.3 is 5.32 Å². The smallest absolute Gasteiger partial charge is 0.255 e. The summed E-state index contributed by atoms with van der Waals surface area (Å²) in [6.07, 6.45) is 3.63. The first-order chi connectivity index (χ1) is 9.20. The van der Waals surface area contributed by atoms with E-state index in [9.17, 15) is 4.79 Å². The molecule has 0 bridgehead atoms. The number of halogens is 1. The average Bonchev–Trinajstić information content (AvgIpc) is 2.42. The number of anilines is 1. The molecular formula is C14H13ClN2OS. The van der Waals surface area contributed by atoms with Crippen LogP contribution < -0.4 is 5.32 Å². The third kappa shape index (κ3) is 3.72. The molecule has 1 heterocycles. The lowest BCUT2D eigenvalue weighted by Crippen LogP contribution is -2.12. The van der Waals surface area contributed by atoms with Crippen LogP contribution in [0.2, 0.25) is 5.15 Å². The first-order valence-corrected chi connectivity index (χ1v) is 7.47. The second-order valence-electron chi connectivity index (χ2n) is 3.93. The van der Waals surface area contributed by atoms with Crippen molar-refractivity contribution < 1.29 is 4.79 Å². The highest BCUT2D eigenvalue weighted by Gasteiger charge is 2.08. The van der Waals surface area contributed by atoms with Crippen LogP contribution in [0.3, 0.4) is 0 Å². The van der Waals surface area contributed by atoms with Crippen LogP contribution in [-0.2, 0) is 5.75 Å². The molecule has 0 aliphatic heterocycles. The average molecular weight is 293 g/mol. The Bertz CT molecular complexity index is 572. The molecule has 0 fully saturated rings.